The van der Waals surface area contributed by atoms with Crippen LogP contribution in [-0.4, -0.2) is 44.8 Å². The second-order valence-corrected chi connectivity index (χ2v) is 11.9. The number of amides is 1. The summed E-state index contributed by atoms with van der Waals surface area (Å²) >= 11 is 1.26. The minimum absolute atomic E-state index is 0.0402. The van der Waals surface area contributed by atoms with Crippen LogP contribution in [0.25, 0.3) is 17.1 Å². The summed E-state index contributed by atoms with van der Waals surface area (Å²) in [5, 5.41) is 12.2. The van der Waals surface area contributed by atoms with Gasteiger partial charge in [0.2, 0.25) is 5.91 Å². The Kier molecular flexibility index (Phi) is 8.13. The summed E-state index contributed by atoms with van der Waals surface area (Å²) in [5.41, 5.74) is 4.06. The molecule has 5 rings (SSSR count). The van der Waals surface area contributed by atoms with Gasteiger partial charge in [-0.1, -0.05) is 59.8 Å². The second kappa shape index (κ2) is 11.9. The van der Waals surface area contributed by atoms with Gasteiger partial charge in [-0.05, 0) is 57.2 Å². The predicted octanol–water partition coefficient (Wildman–Crippen LogP) is 5.18. The first kappa shape index (κ1) is 28.0. The topological polar surface area (TPSA) is 132 Å². The van der Waals surface area contributed by atoms with Crippen molar-refractivity contribution >= 4 is 39.2 Å². The molecular formula is C29H27N7O3S2. The molecule has 12 heteroatoms. The summed E-state index contributed by atoms with van der Waals surface area (Å²) < 4.78 is 30.0. The summed E-state index contributed by atoms with van der Waals surface area (Å²) in [6.07, 6.45) is 0. The number of hydrogen-bond acceptors (Lipinski definition) is 8. The summed E-state index contributed by atoms with van der Waals surface area (Å²) in [6, 6.07) is 25.2. The fourth-order valence-corrected chi connectivity index (χ4v) is 5.82. The Morgan fingerprint density at radius 3 is 2.27 bits per heavy atom. The van der Waals surface area contributed by atoms with Crippen molar-refractivity contribution < 1.29 is 13.2 Å². The van der Waals surface area contributed by atoms with Crippen molar-refractivity contribution in [2.24, 2.45) is 0 Å². The van der Waals surface area contributed by atoms with Crippen LogP contribution < -0.4 is 10.0 Å². The number of thioether (sulfide) groups is 1. The Bertz CT molecular complexity index is 1770. The van der Waals surface area contributed by atoms with E-state index in [1.54, 1.807) is 19.9 Å². The minimum Gasteiger partial charge on any atom is -0.325 e. The van der Waals surface area contributed by atoms with E-state index in [1.807, 2.05) is 66.1 Å². The molecule has 0 aliphatic heterocycles. The van der Waals surface area contributed by atoms with Gasteiger partial charge in [0.1, 0.15) is 11.6 Å². The Hall–Kier alpha value is -4.55. The van der Waals surface area contributed by atoms with E-state index in [2.05, 4.69) is 30.2 Å². The lowest BCUT2D eigenvalue weighted by Gasteiger charge is -2.11. The van der Waals surface area contributed by atoms with Crippen LogP contribution in [0.1, 0.15) is 17.1 Å². The summed E-state index contributed by atoms with van der Waals surface area (Å²) in [4.78, 5) is 21.1. The Morgan fingerprint density at radius 1 is 0.878 bits per heavy atom. The Morgan fingerprint density at radius 2 is 1.59 bits per heavy atom. The van der Waals surface area contributed by atoms with E-state index in [0.717, 1.165) is 16.8 Å². The number of anilines is 2. The van der Waals surface area contributed by atoms with E-state index in [-0.39, 0.29) is 22.4 Å². The van der Waals surface area contributed by atoms with Crippen LogP contribution in [0.3, 0.4) is 0 Å². The van der Waals surface area contributed by atoms with Crippen LogP contribution in [0.5, 0.6) is 0 Å². The monoisotopic (exact) mass is 585 g/mol. The quantitative estimate of drug-likeness (QED) is 0.226. The van der Waals surface area contributed by atoms with Crippen LogP contribution in [0.15, 0.2) is 95.0 Å². The fraction of sp³-hybridized carbons (Fsp3) is 0.138. The third kappa shape index (κ3) is 6.79. The van der Waals surface area contributed by atoms with Gasteiger partial charge in [0.25, 0.3) is 10.0 Å². The van der Waals surface area contributed by atoms with E-state index in [9.17, 15) is 13.2 Å². The zero-order valence-corrected chi connectivity index (χ0v) is 24.2. The van der Waals surface area contributed by atoms with Gasteiger partial charge < -0.3 is 5.32 Å². The molecule has 5 aromatic rings. The number of sulfonamides is 1. The van der Waals surface area contributed by atoms with Crippen LogP contribution in [0, 0.1) is 20.8 Å². The number of carbonyl (C=O) groups is 1. The third-order valence-electron chi connectivity index (χ3n) is 5.94. The smallest absolute Gasteiger partial charge is 0.263 e. The van der Waals surface area contributed by atoms with Gasteiger partial charge in [0.15, 0.2) is 11.0 Å². The SMILES string of the molecule is Cc1ccc(-c2nnc(SCC(=O)Nc3ccc(S(=O)(=O)Nc4cc(C)nc(C)n4)cc3)n2-c2ccccc2)cc1. The van der Waals surface area contributed by atoms with Crippen molar-refractivity contribution in [2.75, 3.05) is 15.8 Å². The minimum atomic E-state index is -3.87. The Balaban J connectivity index is 1.27. The summed E-state index contributed by atoms with van der Waals surface area (Å²) in [5.74, 6) is 1.14. The average Bonchev–Trinajstić information content (AvgIpc) is 3.36. The zero-order valence-electron chi connectivity index (χ0n) is 22.6. The predicted molar refractivity (Wildman–Crippen MR) is 160 cm³/mol. The van der Waals surface area contributed by atoms with Gasteiger partial charge in [-0.25, -0.2) is 18.4 Å². The van der Waals surface area contributed by atoms with Gasteiger partial charge in [-0.3, -0.25) is 14.1 Å². The molecule has 0 fully saturated rings. The molecule has 0 saturated carbocycles. The number of carbonyl (C=O) groups excluding carboxylic acids is 1. The van der Waals surface area contributed by atoms with E-state index in [0.29, 0.717) is 28.2 Å². The van der Waals surface area contributed by atoms with Gasteiger partial charge in [-0.15, -0.1) is 10.2 Å². The first-order chi connectivity index (χ1) is 19.7. The Labute approximate surface area is 242 Å². The highest BCUT2D eigenvalue weighted by Crippen LogP contribution is 2.28. The van der Waals surface area contributed by atoms with Crippen LogP contribution >= 0.6 is 11.8 Å². The van der Waals surface area contributed by atoms with E-state index < -0.39 is 10.0 Å². The van der Waals surface area contributed by atoms with Crippen molar-refractivity contribution in [3.63, 3.8) is 0 Å². The molecule has 0 aliphatic carbocycles. The van der Waals surface area contributed by atoms with E-state index in [4.69, 9.17) is 0 Å². The lowest BCUT2D eigenvalue weighted by molar-refractivity contribution is -0.113. The highest BCUT2D eigenvalue weighted by molar-refractivity contribution is 7.99. The summed E-state index contributed by atoms with van der Waals surface area (Å²) in [6.45, 7) is 5.47. The number of para-hydroxylation sites is 1. The highest BCUT2D eigenvalue weighted by Gasteiger charge is 2.18. The number of nitrogens with one attached hydrogen (secondary N) is 2. The van der Waals surface area contributed by atoms with Crippen molar-refractivity contribution in [3.05, 3.63) is 102 Å². The number of hydrogen-bond donors (Lipinski definition) is 2. The molecule has 0 saturated heterocycles. The number of aromatic nitrogens is 5. The maximum Gasteiger partial charge on any atom is 0.263 e. The second-order valence-electron chi connectivity index (χ2n) is 9.25. The molecule has 0 radical (unpaired) electrons. The van der Waals surface area contributed by atoms with E-state index >= 15 is 0 Å². The maximum absolute atomic E-state index is 12.8. The van der Waals surface area contributed by atoms with E-state index in [1.165, 1.54) is 36.0 Å². The normalized spacial score (nSPS) is 11.3. The molecule has 41 heavy (non-hydrogen) atoms. The first-order valence-electron chi connectivity index (χ1n) is 12.6. The molecule has 0 aliphatic rings. The van der Waals surface area contributed by atoms with Gasteiger partial charge in [-0.2, -0.15) is 0 Å². The molecular weight excluding hydrogens is 558 g/mol. The fourth-order valence-electron chi connectivity index (χ4n) is 4.07. The third-order valence-corrected chi connectivity index (χ3v) is 8.24. The first-order valence-corrected chi connectivity index (χ1v) is 15.1. The van der Waals surface area contributed by atoms with Crippen LogP contribution in [-0.2, 0) is 14.8 Å². The van der Waals surface area contributed by atoms with Gasteiger partial charge in [0, 0.05) is 28.7 Å². The molecule has 2 aromatic heterocycles. The molecule has 0 atom stereocenters. The molecule has 0 bridgehead atoms. The largest absolute Gasteiger partial charge is 0.325 e. The van der Waals surface area contributed by atoms with Gasteiger partial charge in [0.05, 0.1) is 10.6 Å². The van der Waals surface area contributed by atoms with Crippen LogP contribution in [0.2, 0.25) is 0 Å². The molecule has 208 valence electrons. The lowest BCUT2D eigenvalue weighted by Crippen LogP contribution is -2.16. The zero-order chi connectivity index (χ0) is 29.0. The maximum atomic E-state index is 12.8. The molecule has 0 unspecified atom stereocenters. The van der Waals surface area contributed by atoms with Crippen molar-refractivity contribution in [3.8, 4) is 17.1 Å². The molecule has 2 heterocycles. The lowest BCUT2D eigenvalue weighted by atomic mass is 10.1. The summed E-state index contributed by atoms with van der Waals surface area (Å²) in [7, 11) is -3.87. The molecule has 3 aromatic carbocycles. The van der Waals surface area contributed by atoms with Crippen molar-refractivity contribution in [1.82, 2.24) is 24.7 Å². The number of benzene rings is 3. The van der Waals surface area contributed by atoms with Crippen molar-refractivity contribution in [1.29, 1.82) is 0 Å². The highest BCUT2D eigenvalue weighted by atomic mass is 32.2. The molecule has 2 N–H and O–H groups in total. The average molecular weight is 586 g/mol. The van der Waals surface area contributed by atoms with Gasteiger partial charge >= 0.3 is 0 Å². The number of nitrogens with zero attached hydrogens (tertiary/aromatic N) is 5. The standard InChI is InChI=1S/C29H27N7O3S2/c1-19-9-11-22(12-10-19)28-33-34-29(36(28)24-7-5-4-6-8-24)40-18-27(37)32-23-13-15-25(16-14-23)41(38,39)35-26-17-20(2)30-21(3)31-26/h4-17H,18H2,1-3H3,(H,32,37)(H,30,31,35). The molecule has 10 nitrogen and oxygen atoms in total. The number of rotatable bonds is 9. The molecule has 0 spiro atoms. The van der Waals surface area contributed by atoms with Crippen molar-refractivity contribution in [2.45, 2.75) is 30.8 Å². The molecule has 1 amide bonds. The van der Waals surface area contributed by atoms with Crippen LogP contribution in [0.4, 0.5) is 11.5 Å². The number of aryl methyl sites for hydroxylation is 3.